The van der Waals surface area contributed by atoms with Gasteiger partial charge in [-0.05, 0) is 42.7 Å². The van der Waals surface area contributed by atoms with Crippen molar-refractivity contribution in [2.45, 2.75) is 19.9 Å². The van der Waals surface area contributed by atoms with E-state index in [2.05, 4.69) is 4.72 Å². The van der Waals surface area contributed by atoms with Crippen LogP contribution in [-0.4, -0.2) is 25.2 Å². The van der Waals surface area contributed by atoms with E-state index in [0.29, 0.717) is 18.7 Å². The van der Waals surface area contributed by atoms with E-state index in [-0.39, 0.29) is 6.54 Å². The molecule has 0 saturated carbocycles. The van der Waals surface area contributed by atoms with E-state index in [1.807, 2.05) is 24.3 Å². The Kier molecular flexibility index (Phi) is 4.55. The maximum atomic E-state index is 12.4. The fourth-order valence-corrected chi connectivity index (χ4v) is 3.69. The van der Waals surface area contributed by atoms with Crippen molar-refractivity contribution in [3.8, 4) is 0 Å². The third kappa shape index (κ3) is 3.74. The van der Waals surface area contributed by atoms with Gasteiger partial charge in [0.1, 0.15) is 11.5 Å². The highest BCUT2D eigenvalue weighted by Crippen LogP contribution is 2.20. The first-order valence-corrected chi connectivity index (χ1v) is 9.01. The minimum atomic E-state index is -3.87. The number of furan rings is 1. The Morgan fingerprint density at radius 1 is 1.21 bits per heavy atom. The summed E-state index contributed by atoms with van der Waals surface area (Å²) in [5, 5.41) is 0. The van der Waals surface area contributed by atoms with Gasteiger partial charge in [0.2, 0.25) is 0 Å². The van der Waals surface area contributed by atoms with Crippen LogP contribution in [0.25, 0.3) is 6.08 Å². The highest BCUT2D eigenvalue weighted by Gasteiger charge is 2.27. The summed E-state index contributed by atoms with van der Waals surface area (Å²) in [5.41, 5.74) is 2.10. The van der Waals surface area contributed by atoms with Gasteiger partial charge < -0.3 is 4.42 Å². The fourth-order valence-electron chi connectivity index (χ4n) is 2.60. The van der Waals surface area contributed by atoms with E-state index in [4.69, 9.17) is 4.42 Å². The van der Waals surface area contributed by atoms with E-state index in [9.17, 15) is 13.2 Å². The van der Waals surface area contributed by atoms with Crippen molar-refractivity contribution in [3.63, 3.8) is 0 Å². The van der Waals surface area contributed by atoms with E-state index in [1.54, 1.807) is 19.1 Å². The number of fused-ring (bicyclic) bond motifs is 1. The lowest BCUT2D eigenvalue weighted by atomic mass is 10.0. The first-order chi connectivity index (χ1) is 11.4. The quantitative estimate of drug-likeness (QED) is 0.859. The summed E-state index contributed by atoms with van der Waals surface area (Å²) in [7, 11) is -3.87. The maximum absolute atomic E-state index is 12.4. The third-order valence-corrected chi connectivity index (χ3v) is 5.28. The molecule has 2 heterocycles. The van der Waals surface area contributed by atoms with Gasteiger partial charge in [0.05, 0.1) is 0 Å². The van der Waals surface area contributed by atoms with Crippen LogP contribution in [0.1, 0.15) is 22.6 Å². The van der Waals surface area contributed by atoms with Crippen molar-refractivity contribution in [1.82, 2.24) is 9.03 Å². The molecule has 0 spiro atoms. The SMILES string of the molecule is Cc1ccc(C=CC(=O)NS(=O)(=O)N2CCc3ccccc3C2)o1. The first-order valence-electron chi connectivity index (χ1n) is 7.57. The standard InChI is InChI=1S/C17H18N2O4S/c1-13-6-7-16(23-13)8-9-17(20)18-24(21,22)19-11-10-14-4-2-3-5-15(14)12-19/h2-9H,10-12H2,1H3,(H,18,20). The van der Waals surface area contributed by atoms with Gasteiger partial charge in [-0.15, -0.1) is 0 Å². The van der Waals surface area contributed by atoms with Gasteiger partial charge in [0.25, 0.3) is 5.91 Å². The van der Waals surface area contributed by atoms with Crippen LogP contribution in [0.4, 0.5) is 0 Å². The highest BCUT2D eigenvalue weighted by molar-refractivity contribution is 7.87. The van der Waals surface area contributed by atoms with Crippen LogP contribution in [0.15, 0.2) is 46.9 Å². The molecule has 2 aromatic rings. The Bertz CT molecular complexity index is 884. The zero-order valence-corrected chi connectivity index (χ0v) is 14.0. The predicted octanol–water partition coefficient (Wildman–Crippen LogP) is 2.02. The summed E-state index contributed by atoms with van der Waals surface area (Å²) in [6, 6.07) is 11.2. The number of hydrogen-bond acceptors (Lipinski definition) is 4. The number of nitrogens with one attached hydrogen (secondary N) is 1. The lowest BCUT2D eigenvalue weighted by molar-refractivity contribution is -0.114. The Balaban J connectivity index is 1.66. The molecule has 1 aliphatic heterocycles. The van der Waals surface area contributed by atoms with Crippen LogP contribution < -0.4 is 4.72 Å². The fraction of sp³-hybridized carbons (Fsp3) is 0.235. The molecule has 0 atom stereocenters. The van der Waals surface area contributed by atoms with Crippen molar-refractivity contribution in [1.29, 1.82) is 0 Å². The van der Waals surface area contributed by atoms with Crippen molar-refractivity contribution in [2.75, 3.05) is 6.54 Å². The molecule has 0 aliphatic carbocycles. The monoisotopic (exact) mass is 346 g/mol. The number of hydrogen-bond donors (Lipinski definition) is 1. The maximum Gasteiger partial charge on any atom is 0.304 e. The van der Waals surface area contributed by atoms with Crippen molar-refractivity contribution >= 4 is 22.2 Å². The van der Waals surface area contributed by atoms with Gasteiger partial charge in [-0.2, -0.15) is 12.7 Å². The van der Waals surface area contributed by atoms with Gasteiger partial charge in [0.15, 0.2) is 0 Å². The third-order valence-electron chi connectivity index (χ3n) is 3.83. The average Bonchev–Trinajstić information content (AvgIpc) is 2.97. The lowest BCUT2D eigenvalue weighted by Crippen LogP contribution is -2.45. The van der Waals surface area contributed by atoms with Crippen LogP contribution in [0.5, 0.6) is 0 Å². The molecular weight excluding hydrogens is 328 g/mol. The number of rotatable bonds is 4. The summed E-state index contributed by atoms with van der Waals surface area (Å²) in [4.78, 5) is 11.9. The van der Waals surface area contributed by atoms with Crippen LogP contribution in [0.2, 0.25) is 0 Å². The molecule has 0 saturated heterocycles. The normalized spacial score (nSPS) is 15.4. The summed E-state index contributed by atoms with van der Waals surface area (Å²) < 4.78 is 33.3. The van der Waals surface area contributed by atoms with Crippen molar-refractivity contribution in [2.24, 2.45) is 0 Å². The molecule has 7 heteroatoms. The number of carbonyl (C=O) groups excluding carboxylic acids is 1. The number of aryl methyl sites for hydroxylation is 1. The second-order valence-electron chi connectivity index (χ2n) is 5.61. The van der Waals surface area contributed by atoms with Crippen molar-refractivity contribution < 1.29 is 17.6 Å². The smallest absolute Gasteiger partial charge is 0.304 e. The Labute approximate surface area is 141 Å². The molecule has 1 N–H and O–H groups in total. The molecule has 1 aliphatic rings. The molecule has 1 amide bonds. The minimum Gasteiger partial charge on any atom is -0.462 e. The number of nitrogens with zero attached hydrogens (tertiary/aromatic N) is 1. The summed E-state index contributed by atoms with van der Waals surface area (Å²) in [5.74, 6) is 0.504. The Morgan fingerprint density at radius 3 is 2.67 bits per heavy atom. The van der Waals surface area contributed by atoms with E-state index in [1.165, 1.54) is 10.4 Å². The average molecular weight is 346 g/mol. The number of carbonyl (C=O) groups is 1. The summed E-state index contributed by atoms with van der Waals surface area (Å²) >= 11 is 0. The van der Waals surface area contributed by atoms with E-state index in [0.717, 1.165) is 23.0 Å². The van der Waals surface area contributed by atoms with Crippen LogP contribution in [-0.2, 0) is 28.0 Å². The molecule has 0 bridgehead atoms. The number of amides is 1. The topological polar surface area (TPSA) is 79.6 Å². The highest BCUT2D eigenvalue weighted by atomic mass is 32.2. The molecule has 3 rings (SSSR count). The molecule has 1 aromatic carbocycles. The predicted molar refractivity (Wildman–Crippen MR) is 90.1 cm³/mol. The van der Waals surface area contributed by atoms with E-state index >= 15 is 0 Å². The summed E-state index contributed by atoms with van der Waals surface area (Å²) in [6.45, 7) is 2.40. The molecule has 0 radical (unpaired) electrons. The molecular formula is C17H18N2O4S. The molecule has 126 valence electrons. The molecule has 1 aromatic heterocycles. The zero-order valence-electron chi connectivity index (χ0n) is 13.2. The lowest BCUT2D eigenvalue weighted by Gasteiger charge is -2.27. The van der Waals surface area contributed by atoms with E-state index < -0.39 is 16.1 Å². The van der Waals surface area contributed by atoms with Crippen LogP contribution >= 0.6 is 0 Å². The second kappa shape index (κ2) is 6.62. The molecule has 24 heavy (non-hydrogen) atoms. The molecule has 6 nitrogen and oxygen atoms in total. The van der Waals surface area contributed by atoms with Crippen LogP contribution in [0, 0.1) is 6.92 Å². The minimum absolute atomic E-state index is 0.264. The number of benzene rings is 1. The zero-order chi connectivity index (χ0) is 17.2. The Morgan fingerprint density at radius 2 is 1.96 bits per heavy atom. The van der Waals surface area contributed by atoms with Gasteiger partial charge >= 0.3 is 10.2 Å². The molecule has 0 unspecified atom stereocenters. The summed E-state index contributed by atoms with van der Waals surface area (Å²) in [6.07, 6.45) is 3.21. The second-order valence-corrected chi connectivity index (χ2v) is 7.28. The first kappa shape index (κ1) is 16.5. The largest absolute Gasteiger partial charge is 0.462 e. The van der Waals surface area contributed by atoms with Gasteiger partial charge in [-0.25, -0.2) is 4.72 Å². The Hall–Kier alpha value is -2.38. The molecule has 0 fully saturated rings. The van der Waals surface area contributed by atoms with Gasteiger partial charge in [-0.3, -0.25) is 4.79 Å². The van der Waals surface area contributed by atoms with Crippen molar-refractivity contribution in [3.05, 3.63) is 65.1 Å². The van der Waals surface area contributed by atoms with Crippen LogP contribution in [0.3, 0.4) is 0 Å². The van der Waals surface area contributed by atoms with Gasteiger partial charge in [0, 0.05) is 19.2 Å². The van der Waals surface area contributed by atoms with Gasteiger partial charge in [-0.1, -0.05) is 24.3 Å².